The lowest BCUT2D eigenvalue weighted by Crippen LogP contribution is -2.28. The summed E-state index contributed by atoms with van der Waals surface area (Å²) in [6.45, 7) is 2.53. The van der Waals surface area contributed by atoms with Crippen LogP contribution in [0.1, 0.15) is 52.3 Å². The van der Waals surface area contributed by atoms with Crippen molar-refractivity contribution in [1.82, 2.24) is 20.2 Å². The number of ether oxygens (including phenoxy) is 1. The predicted molar refractivity (Wildman–Crippen MR) is 111 cm³/mol. The monoisotopic (exact) mass is 466 g/mol. The van der Waals surface area contributed by atoms with Crippen molar-refractivity contribution in [1.29, 1.82) is 0 Å². The van der Waals surface area contributed by atoms with E-state index in [1.807, 2.05) is 0 Å². The number of fused-ring (bicyclic) bond motifs is 1. The number of nitrogens with one attached hydrogen (secondary N) is 1. The molecule has 3 rings (SSSR count). The van der Waals surface area contributed by atoms with Gasteiger partial charge >= 0.3 is 6.18 Å². The quantitative estimate of drug-likeness (QED) is 0.551. The van der Waals surface area contributed by atoms with Gasteiger partial charge in [0.2, 0.25) is 5.91 Å². The molecule has 11 heteroatoms. The first-order valence-corrected chi connectivity index (χ1v) is 10.4. The van der Waals surface area contributed by atoms with Crippen molar-refractivity contribution in [2.45, 2.75) is 45.5 Å². The molecule has 1 aliphatic heterocycles. The fourth-order valence-corrected chi connectivity index (χ4v) is 3.56. The summed E-state index contributed by atoms with van der Waals surface area (Å²) in [6.07, 6.45) is -1.29. The van der Waals surface area contributed by atoms with Gasteiger partial charge in [-0.1, -0.05) is 0 Å². The van der Waals surface area contributed by atoms with E-state index in [9.17, 15) is 22.8 Å². The Hall–Kier alpha value is -3.21. The van der Waals surface area contributed by atoms with E-state index in [2.05, 4.69) is 15.3 Å². The first-order chi connectivity index (χ1) is 15.6. The lowest BCUT2D eigenvalue weighted by atomic mass is 10.1. The number of aliphatic hydroxyl groups is 1. The van der Waals surface area contributed by atoms with Gasteiger partial charge in [0.25, 0.3) is 5.91 Å². The molecule has 2 aromatic heterocycles. The second kappa shape index (κ2) is 10.2. The number of hydrogen-bond donors (Lipinski definition) is 2. The van der Waals surface area contributed by atoms with Gasteiger partial charge < -0.3 is 20.1 Å². The number of pyridine rings is 2. The molecule has 0 aromatic carbocycles. The van der Waals surface area contributed by atoms with Crippen LogP contribution in [0.4, 0.5) is 13.2 Å². The maximum atomic E-state index is 13.0. The van der Waals surface area contributed by atoms with Crippen LogP contribution in [0.5, 0.6) is 5.75 Å². The van der Waals surface area contributed by atoms with E-state index in [-0.39, 0.29) is 37.1 Å². The molecule has 2 amide bonds. The fourth-order valence-electron chi connectivity index (χ4n) is 3.56. The molecule has 2 aromatic rings. The van der Waals surface area contributed by atoms with Gasteiger partial charge in [0.05, 0.1) is 30.0 Å². The second-order valence-corrected chi connectivity index (χ2v) is 7.78. The predicted octanol–water partition coefficient (Wildman–Crippen LogP) is 2.48. The van der Waals surface area contributed by atoms with Crippen LogP contribution >= 0.6 is 0 Å². The number of aromatic nitrogens is 2. The Bertz CT molecular complexity index is 1030. The van der Waals surface area contributed by atoms with Gasteiger partial charge in [-0.3, -0.25) is 19.6 Å². The van der Waals surface area contributed by atoms with E-state index < -0.39 is 18.8 Å². The molecule has 2 N–H and O–H groups in total. The number of alkyl halides is 3. The third kappa shape index (κ3) is 5.98. The smallest absolute Gasteiger partial charge is 0.422 e. The highest BCUT2D eigenvalue weighted by atomic mass is 19.4. The molecule has 0 saturated carbocycles. The maximum Gasteiger partial charge on any atom is 0.422 e. The molecule has 0 aliphatic carbocycles. The van der Waals surface area contributed by atoms with Crippen molar-refractivity contribution in [2.24, 2.45) is 0 Å². The summed E-state index contributed by atoms with van der Waals surface area (Å²) in [5.41, 5.74) is 2.59. The Morgan fingerprint density at radius 1 is 1.36 bits per heavy atom. The van der Waals surface area contributed by atoms with E-state index in [1.165, 1.54) is 12.4 Å². The molecule has 3 heterocycles. The highest BCUT2D eigenvalue weighted by molar-refractivity contribution is 5.99. The highest BCUT2D eigenvalue weighted by Crippen LogP contribution is 2.33. The summed E-state index contributed by atoms with van der Waals surface area (Å²) in [7, 11) is 0. The van der Waals surface area contributed by atoms with Crippen molar-refractivity contribution in [3.63, 3.8) is 0 Å². The Balaban J connectivity index is 1.73. The summed E-state index contributed by atoms with van der Waals surface area (Å²) >= 11 is 0. The zero-order valence-corrected chi connectivity index (χ0v) is 18.3. The minimum Gasteiger partial charge on any atom is -0.482 e. The van der Waals surface area contributed by atoms with E-state index in [0.29, 0.717) is 41.0 Å². The van der Waals surface area contributed by atoms with E-state index >= 15 is 0 Å². The van der Waals surface area contributed by atoms with Gasteiger partial charge in [0.15, 0.2) is 6.61 Å². The van der Waals surface area contributed by atoms with Crippen molar-refractivity contribution < 1.29 is 32.6 Å². The molecule has 8 nitrogen and oxygen atoms in total. The molecular weight excluding hydrogens is 441 g/mol. The molecule has 0 bridgehead atoms. The summed E-state index contributed by atoms with van der Waals surface area (Å²) < 4.78 is 42.0. The first kappa shape index (κ1) is 24.4. The fraction of sp³-hybridized carbons (Fsp3) is 0.455. The van der Waals surface area contributed by atoms with Crippen LogP contribution in [0.3, 0.4) is 0 Å². The molecule has 178 valence electrons. The standard InChI is InChI=1S/C22H25F3N4O4/c1-13-8-17(28-10-19(13)33-12-22(23,24)25)14(2)29-11-16-15(21(29)32)4-6-26-18(16)9-20(31)27-5-3-7-30/h4,6,8,10,14,30H,3,5,7,9,11-12H2,1-2H3,(H,27,31). The number of carbonyl (C=O) groups is 2. The number of halogens is 3. The number of aliphatic hydroxyl groups excluding tert-OH is 1. The number of amides is 2. The SMILES string of the molecule is Cc1cc(C(C)N2Cc3c(ccnc3CC(=O)NCCCO)C2=O)ncc1OCC(F)(F)F. The van der Waals surface area contributed by atoms with Crippen LogP contribution < -0.4 is 10.1 Å². The van der Waals surface area contributed by atoms with E-state index in [4.69, 9.17) is 9.84 Å². The van der Waals surface area contributed by atoms with Crippen LogP contribution in [0, 0.1) is 6.92 Å². The number of aryl methyl sites for hydroxylation is 1. The van der Waals surface area contributed by atoms with Crippen LogP contribution in [-0.2, 0) is 17.8 Å². The van der Waals surface area contributed by atoms with E-state index in [1.54, 1.807) is 30.9 Å². The normalized spacial score (nSPS) is 14.2. The molecule has 33 heavy (non-hydrogen) atoms. The zero-order valence-electron chi connectivity index (χ0n) is 18.3. The van der Waals surface area contributed by atoms with Gasteiger partial charge in [-0.15, -0.1) is 0 Å². The minimum atomic E-state index is -4.45. The highest BCUT2D eigenvalue weighted by Gasteiger charge is 2.34. The lowest BCUT2D eigenvalue weighted by Gasteiger charge is -2.24. The van der Waals surface area contributed by atoms with E-state index in [0.717, 1.165) is 0 Å². The summed E-state index contributed by atoms with van der Waals surface area (Å²) in [6, 6.07) is 2.73. The summed E-state index contributed by atoms with van der Waals surface area (Å²) in [5, 5.41) is 11.5. The second-order valence-electron chi connectivity index (χ2n) is 7.78. The van der Waals surface area contributed by atoms with Gasteiger partial charge in [0, 0.05) is 37.0 Å². The molecular formula is C22H25F3N4O4. The van der Waals surface area contributed by atoms with Crippen LogP contribution in [0.25, 0.3) is 0 Å². The van der Waals surface area contributed by atoms with Crippen LogP contribution in [-0.4, -0.2) is 57.7 Å². The number of carbonyl (C=O) groups excluding carboxylic acids is 2. The van der Waals surface area contributed by atoms with Crippen molar-refractivity contribution in [3.8, 4) is 5.75 Å². The van der Waals surface area contributed by atoms with Gasteiger partial charge in [-0.05, 0) is 38.0 Å². The first-order valence-electron chi connectivity index (χ1n) is 10.4. The van der Waals surface area contributed by atoms with Gasteiger partial charge in [-0.25, -0.2) is 0 Å². The van der Waals surface area contributed by atoms with Gasteiger partial charge in [0.1, 0.15) is 5.75 Å². The summed E-state index contributed by atoms with van der Waals surface area (Å²) in [5.74, 6) is -0.466. The van der Waals surface area contributed by atoms with Crippen molar-refractivity contribution in [2.75, 3.05) is 19.8 Å². The topological polar surface area (TPSA) is 105 Å². The van der Waals surface area contributed by atoms with Crippen molar-refractivity contribution in [3.05, 3.63) is 52.6 Å². The molecule has 1 unspecified atom stereocenters. The summed E-state index contributed by atoms with van der Waals surface area (Å²) in [4.78, 5) is 35.2. The molecule has 0 saturated heterocycles. The van der Waals surface area contributed by atoms with Crippen LogP contribution in [0.15, 0.2) is 24.5 Å². The molecule has 0 fully saturated rings. The number of nitrogens with zero attached hydrogens (tertiary/aromatic N) is 3. The van der Waals surface area contributed by atoms with Crippen molar-refractivity contribution >= 4 is 11.8 Å². The average Bonchev–Trinajstić information content (AvgIpc) is 3.09. The van der Waals surface area contributed by atoms with Crippen LogP contribution in [0.2, 0.25) is 0 Å². The Morgan fingerprint density at radius 3 is 2.79 bits per heavy atom. The molecule has 0 radical (unpaired) electrons. The lowest BCUT2D eigenvalue weighted by molar-refractivity contribution is -0.153. The molecule has 1 atom stereocenters. The molecule has 0 spiro atoms. The third-order valence-electron chi connectivity index (χ3n) is 5.32. The number of hydrogen-bond acceptors (Lipinski definition) is 6. The maximum absolute atomic E-state index is 13.0. The third-order valence-corrected chi connectivity index (χ3v) is 5.32. The Kier molecular flexibility index (Phi) is 7.52. The Labute approximate surface area is 188 Å². The zero-order chi connectivity index (χ0) is 24.2. The minimum absolute atomic E-state index is 0.00665. The largest absolute Gasteiger partial charge is 0.482 e. The average molecular weight is 466 g/mol. The molecule has 1 aliphatic rings. The van der Waals surface area contributed by atoms with Gasteiger partial charge in [-0.2, -0.15) is 13.2 Å². The Morgan fingerprint density at radius 2 is 2.12 bits per heavy atom. The number of rotatable bonds is 9.